The zero-order valence-corrected chi connectivity index (χ0v) is 17.0. The Kier molecular flexibility index (Phi) is 17.7. The lowest BCUT2D eigenvalue weighted by molar-refractivity contribution is -0.148. The van der Waals surface area contributed by atoms with E-state index in [1.54, 1.807) is 0 Å². The number of ether oxygens (including phenoxy) is 1. The zero-order valence-electron chi connectivity index (χ0n) is 17.0. The first-order valence-corrected chi connectivity index (χ1v) is 9.95. The minimum Gasteiger partial charge on any atom is -0.462 e. The van der Waals surface area contributed by atoms with Crippen LogP contribution in [0.1, 0.15) is 58.3 Å². The first kappa shape index (κ1) is 25.6. The topological polar surface area (TPSA) is 89.6 Å². The standard InChI is InChI=1S/C23H35NO4/c1-2-3-4-5-6-7-8-9-10-11-12-13-14-15-16-17-18-19-22(26)28-20-21(25)23(24)27/h3-4,6-7,9-10,12-13,15-16,21,25H,2,5,8,11,14,17-20H2,1H3,(H2,24,27). The Balaban J connectivity index is 3.58. The van der Waals surface area contributed by atoms with Crippen LogP contribution in [0.5, 0.6) is 0 Å². The van der Waals surface area contributed by atoms with E-state index in [1.165, 1.54) is 0 Å². The molecule has 0 aliphatic rings. The van der Waals surface area contributed by atoms with Crippen LogP contribution in [0.4, 0.5) is 0 Å². The summed E-state index contributed by atoms with van der Waals surface area (Å²) in [5.74, 6) is -1.33. The summed E-state index contributed by atoms with van der Waals surface area (Å²) in [4.78, 5) is 22.0. The highest BCUT2D eigenvalue weighted by molar-refractivity contribution is 5.79. The van der Waals surface area contributed by atoms with Crippen molar-refractivity contribution in [2.24, 2.45) is 5.73 Å². The number of carbonyl (C=O) groups is 2. The van der Waals surface area contributed by atoms with Gasteiger partial charge in [0.1, 0.15) is 6.61 Å². The van der Waals surface area contributed by atoms with E-state index in [4.69, 9.17) is 15.6 Å². The fourth-order valence-electron chi connectivity index (χ4n) is 2.06. The largest absolute Gasteiger partial charge is 0.462 e. The highest BCUT2D eigenvalue weighted by atomic mass is 16.5. The van der Waals surface area contributed by atoms with E-state index >= 15 is 0 Å². The molecule has 156 valence electrons. The molecule has 0 aromatic rings. The Hall–Kier alpha value is -2.40. The quantitative estimate of drug-likeness (QED) is 0.234. The molecule has 0 rings (SSSR count). The molecule has 0 aromatic heterocycles. The minimum atomic E-state index is -1.44. The SMILES string of the molecule is CCC=CCC=CCC=CCC=CCC=CCCCC(=O)OCC(O)C(N)=O. The Morgan fingerprint density at radius 3 is 1.79 bits per heavy atom. The number of amides is 1. The predicted octanol–water partition coefficient (Wildman–Crippen LogP) is 4.30. The van der Waals surface area contributed by atoms with Gasteiger partial charge in [-0.3, -0.25) is 9.59 Å². The van der Waals surface area contributed by atoms with E-state index in [0.29, 0.717) is 6.42 Å². The van der Waals surface area contributed by atoms with Crippen molar-refractivity contribution in [3.8, 4) is 0 Å². The molecule has 5 heteroatoms. The number of esters is 1. The van der Waals surface area contributed by atoms with Gasteiger partial charge in [-0.1, -0.05) is 67.7 Å². The monoisotopic (exact) mass is 389 g/mol. The summed E-state index contributed by atoms with van der Waals surface area (Å²) >= 11 is 0. The highest BCUT2D eigenvalue weighted by Crippen LogP contribution is 2.01. The van der Waals surface area contributed by atoms with Crippen molar-refractivity contribution >= 4 is 11.9 Å². The van der Waals surface area contributed by atoms with Gasteiger partial charge in [0.15, 0.2) is 6.10 Å². The van der Waals surface area contributed by atoms with Crippen LogP contribution >= 0.6 is 0 Å². The zero-order chi connectivity index (χ0) is 20.9. The maximum atomic E-state index is 11.4. The number of aliphatic hydroxyl groups excluding tert-OH is 1. The number of aliphatic hydroxyl groups is 1. The Morgan fingerprint density at radius 2 is 1.32 bits per heavy atom. The number of nitrogens with two attached hydrogens (primary N) is 1. The van der Waals surface area contributed by atoms with Crippen molar-refractivity contribution in [1.82, 2.24) is 0 Å². The first-order valence-electron chi connectivity index (χ1n) is 9.95. The van der Waals surface area contributed by atoms with Crippen LogP contribution in [-0.4, -0.2) is 29.7 Å². The van der Waals surface area contributed by atoms with Gasteiger partial charge >= 0.3 is 5.97 Å². The van der Waals surface area contributed by atoms with E-state index in [0.717, 1.165) is 38.5 Å². The number of hydrogen-bond donors (Lipinski definition) is 2. The Labute approximate surface area is 169 Å². The third-order valence-electron chi connectivity index (χ3n) is 3.64. The van der Waals surface area contributed by atoms with Gasteiger partial charge < -0.3 is 15.6 Å². The molecule has 1 unspecified atom stereocenters. The summed E-state index contributed by atoms with van der Waals surface area (Å²) in [7, 11) is 0. The van der Waals surface area contributed by atoms with Gasteiger partial charge in [0.2, 0.25) is 5.91 Å². The summed E-state index contributed by atoms with van der Waals surface area (Å²) in [5, 5.41) is 9.12. The average Bonchev–Trinajstić information content (AvgIpc) is 2.68. The summed E-state index contributed by atoms with van der Waals surface area (Å²) in [6.07, 6.45) is 26.5. The molecule has 1 atom stereocenters. The van der Waals surface area contributed by atoms with Crippen molar-refractivity contribution in [2.75, 3.05) is 6.61 Å². The minimum absolute atomic E-state index is 0.250. The molecule has 28 heavy (non-hydrogen) atoms. The molecule has 0 spiro atoms. The molecule has 0 radical (unpaired) electrons. The summed E-state index contributed by atoms with van der Waals surface area (Å²) in [5.41, 5.74) is 4.86. The number of hydrogen-bond acceptors (Lipinski definition) is 4. The number of carbonyl (C=O) groups excluding carboxylic acids is 2. The van der Waals surface area contributed by atoms with Crippen molar-refractivity contribution in [3.05, 3.63) is 60.8 Å². The van der Waals surface area contributed by atoms with Gasteiger partial charge in [0.05, 0.1) is 0 Å². The second kappa shape index (κ2) is 19.4. The van der Waals surface area contributed by atoms with Gasteiger partial charge in [-0.05, 0) is 44.9 Å². The lowest BCUT2D eigenvalue weighted by Crippen LogP contribution is -2.33. The summed E-state index contributed by atoms with van der Waals surface area (Å²) in [6, 6.07) is 0. The van der Waals surface area contributed by atoms with Gasteiger partial charge in [-0.15, -0.1) is 0 Å². The number of allylic oxidation sites excluding steroid dienone is 10. The third-order valence-corrected chi connectivity index (χ3v) is 3.64. The molecule has 5 nitrogen and oxygen atoms in total. The van der Waals surface area contributed by atoms with E-state index in [2.05, 4.69) is 61.6 Å². The fourth-order valence-corrected chi connectivity index (χ4v) is 2.06. The summed E-state index contributed by atoms with van der Waals surface area (Å²) < 4.78 is 4.76. The van der Waals surface area contributed by atoms with Crippen molar-refractivity contribution < 1.29 is 19.4 Å². The lowest BCUT2D eigenvalue weighted by atomic mass is 10.2. The number of primary amides is 1. The lowest BCUT2D eigenvalue weighted by Gasteiger charge is -2.07. The first-order chi connectivity index (χ1) is 13.6. The van der Waals surface area contributed by atoms with E-state index in [9.17, 15) is 9.59 Å². The number of rotatable bonds is 16. The molecule has 0 saturated carbocycles. The molecule has 0 aromatic carbocycles. The molecular formula is C23H35NO4. The van der Waals surface area contributed by atoms with Gasteiger partial charge in [0.25, 0.3) is 0 Å². The Bertz CT molecular complexity index is 559. The molecule has 0 heterocycles. The normalized spacial score (nSPS) is 13.5. The highest BCUT2D eigenvalue weighted by Gasteiger charge is 2.13. The Morgan fingerprint density at radius 1 is 0.857 bits per heavy atom. The summed E-state index contributed by atoms with van der Waals surface area (Å²) in [6.45, 7) is 1.76. The van der Waals surface area contributed by atoms with Crippen molar-refractivity contribution in [2.45, 2.75) is 64.4 Å². The van der Waals surface area contributed by atoms with Crippen LogP contribution in [0.3, 0.4) is 0 Å². The number of unbranched alkanes of at least 4 members (excludes halogenated alkanes) is 1. The molecule has 3 N–H and O–H groups in total. The van der Waals surface area contributed by atoms with E-state index in [-0.39, 0.29) is 13.0 Å². The van der Waals surface area contributed by atoms with Crippen molar-refractivity contribution in [1.29, 1.82) is 0 Å². The second-order valence-corrected chi connectivity index (χ2v) is 6.20. The molecule has 1 amide bonds. The molecule has 0 fully saturated rings. The fraction of sp³-hybridized carbons (Fsp3) is 0.478. The van der Waals surface area contributed by atoms with Gasteiger partial charge in [-0.2, -0.15) is 0 Å². The second-order valence-electron chi connectivity index (χ2n) is 6.20. The average molecular weight is 390 g/mol. The van der Waals surface area contributed by atoms with Crippen LogP contribution in [0.15, 0.2) is 60.8 Å². The molecule has 0 saturated heterocycles. The maximum Gasteiger partial charge on any atom is 0.305 e. The van der Waals surface area contributed by atoms with Crippen LogP contribution in [0.25, 0.3) is 0 Å². The van der Waals surface area contributed by atoms with E-state index in [1.807, 2.05) is 6.08 Å². The smallest absolute Gasteiger partial charge is 0.305 e. The van der Waals surface area contributed by atoms with Gasteiger partial charge in [0, 0.05) is 6.42 Å². The molecule has 0 aliphatic heterocycles. The van der Waals surface area contributed by atoms with Crippen LogP contribution in [0.2, 0.25) is 0 Å². The van der Waals surface area contributed by atoms with Crippen molar-refractivity contribution in [3.63, 3.8) is 0 Å². The third kappa shape index (κ3) is 18.4. The van der Waals surface area contributed by atoms with Crippen LogP contribution in [-0.2, 0) is 14.3 Å². The predicted molar refractivity (Wildman–Crippen MR) is 114 cm³/mol. The van der Waals surface area contributed by atoms with Crippen LogP contribution < -0.4 is 5.73 Å². The molecule has 0 bridgehead atoms. The van der Waals surface area contributed by atoms with E-state index < -0.39 is 18.0 Å². The van der Waals surface area contributed by atoms with Crippen LogP contribution in [0, 0.1) is 0 Å². The maximum absolute atomic E-state index is 11.4. The molecular weight excluding hydrogens is 354 g/mol. The van der Waals surface area contributed by atoms with Gasteiger partial charge in [-0.25, -0.2) is 0 Å². The molecule has 0 aliphatic carbocycles.